The molecule has 1 saturated carbocycles. The molecule has 1 aliphatic carbocycles. The van der Waals surface area contributed by atoms with Crippen LogP contribution in [0.5, 0.6) is 0 Å². The highest BCUT2D eigenvalue weighted by atomic mass is 32.2. The van der Waals surface area contributed by atoms with Gasteiger partial charge in [0.1, 0.15) is 0 Å². The van der Waals surface area contributed by atoms with Crippen molar-refractivity contribution in [2.24, 2.45) is 0 Å². The zero-order valence-corrected chi connectivity index (χ0v) is 15.0. The summed E-state index contributed by atoms with van der Waals surface area (Å²) in [6, 6.07) is 13.7. The largest absolute Gasteiger partial charge is 0.349 e. The van der Waals surface area contributed by atoms with Crippen LogP contribution in [0.2, 0.25) is 0 Å². The molecular weight excluding hydrogens is 336 g/mol. The van der Waals surface area contributed by atoms with Crippen LogP contribution in [0.1, 0.15) is 42.1 Å². The lowest BCUT2D eigenvalue weighted by Crippen LogP contribution is -2.27. The molecule has 2 N–H and O–H groups in total. The third-order valence-electron chi connectivity index (χ3n) is 4.10. The van der Waals surface area contributed by atoms with E-state index in [9.17, 15) is 13.2 Å². The van der Waals surface area contributed by atoms with Gasteiger partial charge in [-0.25, -0.2) is 8.42 Å². The number of hydrogen-bond donors (Lipinski definition) is 2. The fraction of sp³-hybridized carbons (Fsp3) is 0.316. The quantitative estimate of drug-likeness (QED) is 0.797. The van der Waals surface area contributed by atoms with Crippen LogP contribution in [-0.4, -0.2) is 20.4 Å². The summed E-state index contributed by atoms with van der Waals surface area (Å²) in [6.07, 6.45) is 3.87. The Kier molecular flexibility index (Phi) is 5.08. The highest BCUT2D eigenvalue weighted by Gasteiger charge is 2.25. The number of amides is 1. The van der Waals surface area contributed by atoms with Crippen LogP contribution in [0.25, 0.3) is 0 Å². The van der Waals surface area contributed by atoms with E-state index < -0.39 is 10.0 Å². The number of benzene rings is 2. The van der Waals surface area contributed by atoms with Gasteiger partial charge < -0.3 is 5.32 Å². The van der Waals surface area contributed by atoms with E-state index in [0.717, 1.165) is 31.2 Å². The minimum absolute atomic E-state index is 0.185. The molecule has 0 saturated heterocycles. The molecule has 0 spiro atoms. The number of sulfonamides is 1. The smallest absolute Gasteiger partial charge is 0.261 e. The van der Waals surface area contributed by atoms with Gasteiger partial charge in [-0.3, -0.25) is 9.52 Å². The lowest BCUT2D eigenvalue weighted by Gasteiger charge is -2.13. The van der Waals surface area contributed by atoms with Gasteiger partial charge in [0.15, 0.2) is 0 Å². The van der Waals surface area contributed by atoms with Gasteiger partial charge in [0, 0.05) is 6.04 Å². The van der Waals surface area contributed by atoms with E-state index in [1.165, 1.54) is 0 Å². The minimum Gasteiger partial charge on any atom is -0.349 e. The lowest BCUT2D eigenvalue weighted by atomic mass is 10.1. The molecule has 0 heterocycles. The molecule has 2 aromatic rings. The average Bonchev–Trinajstić information content (AvgIpc) is 3.40. The van der Waals surface area contributed by atoms with Crippen LogP contribution in [0.15, 0.2) is 53.4 Å². The predicted octanol–water partition coefficient (Wildman–Crippen LogP) is 3.33. The molecule has 132 valence electrons. The van der Waals surface area contributed by atoms with Gasteiger partial charge in [-0.1, -0.05) is 37.6 Å². The van der Waals surface area contributed by atoms with E-state index in [1.807, 2.05) is 12.1 Å². The lowest BCUT2D eigenvalue weighted by molar-refractivity contribution is 0.0952. The first-order valence-electron chi connectivity index (χ1n) is 8.51. The van der Waals surface area contributed by atoms with Crippen LogP contribution in [-0.2, 0) is 16.4 Å². The third-order valence-corrected chi connectivity index (χ3v) is 5.48. The van der Waals surface area contributed by atoms with Gasteiger partial charge in [-0.2, -0.15) is 0 Å². The summed E-state index contributed by atoms with van der Waals surface area (Å²) in [4.78, 5) is 12.5. The van der Waals surface area contributed by atoms with Gasteiger partial charge in [-0.05, 0) is 49.1 Å². The Hall–Kier alpha value is -2.34. The first-order valence-corrected chi connectivity index (χ1v) is 9.99. The number of anilines is 1. The van der Waals surface area contributed by atoms with Gasteiger partial charge in [-0.15, -0.1) is 0 Å². The molecular formula is C19H22N2O3S. The molecule has 25 heavy (non-hydrogen) atoms. The Bertz CT molecular complexity index is 856. The SMILES string of the molecule is CCCc1ccc(S(=O)(=O)Nc2ccccc2C(=O)NC2CC2)cc1. The molecule has 0 radical (unpaired) electrons. The third kappa shape index (κ3) is 4.39. The average molecular weight is 358 g/mol. The van der Waals surface area contributed by atoms with Gasteiger partial charge in [0.25, 0.3) is 15.9 Å². The zero-order chi connectivity index (χ0) is 17.9. The van der Waals surface area contributed by atoms with E-state index in [2.05, 4.69) is 17.0 Å². The minimum atomic E-state index is -3.74. The molecule has 5 nitrogen and oxygen atoms in total. The van der Waals surface area contributed by atoms with E-state index in [4.69, 9.17) is 0 Å². The second-order valence-electron chi connectivity index (χ2n) is 6.29. The standard InChI is InChI=1S/C19H22N2O3S/c1-2-5-14-8-12-16(13-9-14)25(23,24)21-18-7-4-3-6-17(18)19(22)20-15-10-11-15/h3-4,6-9,12-13,15,21H,2,5,10-11H2,1H3,(H,20,22). The molecule has 3 rings (SSSR count). The maximum atomic E-state index is 12.6. The zero-order valence-electron chi connectivity index (χ0n) is 14.2. The highest BCUT2D eigenvalue weighted by molar-refractivity contribution is 7.92. The molecule has 0 aromatic heterocycles. The summed E-state index contributed by atoms with van der Waals surface area (Å²) in [7, 11) is -3.74. The summed E-state index contributed by atoms with van der Waals surface area (Å²) in [5, 5.41) is 2.88. The number of carbonyl (C=O) groups is 1. The molecule has 0 atom stereocenters. The molecule has 1 amide bonds. The van der Waals surface area contributed by atoms with Crippen LogP contribution in [0.3, 0.4) is 0 Å². The van der Waals surface area contributed by atoms with Crippen molar-refractivity contribution in [3.8, 4) is 0 Å². The van der Waals surface area contributed by atoms with Crippen molar-refractivity contribution in [1.29, 1.82) is 0 Å². The Morgan fingerprint density at radius 1 is 1.08 bits per heavy atom. The Morgan fingerprint density at radius 3 is 2.40 bits per heavy atom. The van der Waals surface area contributed by atoms with Crippen LogP contribution in [0, 0.1) is 0 Å². The predicted molar refractivity (Wildman–Crippen MR) is 98.2 cm³/mol. The van der Waals surface area contributed by atoms with Gasteiger partial charge in [0.2, 0.25) is 0 Å². The molecule has 2 aromatic carbocycles. The van der Waals surface area contributed by atoms with Crippen LogP contribution < -0.4 is 10.0 Å². The Balaban J connectivity index is 1.81. The van der Waals surface area contributed by atoms with Crippen molar-refractivity contribution in [1.82, 2.24) is 5.32 Å². The normalized spacial score (nSPS) is 14.1. The first-order chi connectivity index (χ1) is 12.0. The summed E-state index contributed by atoms with van der Waals surface area (Å²) < 4.78 is 27.8. The van der Waals surface area contributed by atoms with Crippen molar-refractivity contribution in [3.63, 3.8) is 0 Å². The second kappa shape index (κ2) is 7.27. The number of hydrogen-bond acceptors (Lipinski definition) is 3. The van der Waals surface area contributed by atoms with E-state index in [1.54, 1.807) is 36.4 Å². The fourth-order valence-electron chi connectivity index (χ4n) is 2.59. The second-order valence-corrected chi connectivity index (χ2v) is 7.98. The summed E-state index contributed by atoms with van der Waals surface area (Å²) in [5.41, 5.74) is 1.73. The molecule has 0 bridgehead atoms. The number of aryl methyl sites for hydroxylation is 1. The van der Waals surface area contributed by atoms with Crippen molar-refractivity contribution < 1.29 is 13.2 Å². The van der Waals surface area contributed by atoms with Crippen molar-refractivity contribution in [2.45, 2.75) is 43.5 Å². The molecule has 1 aliphatic rings. The molecule has 0 unspecified atom stereocenters. The number of nitrogens with one attached hydrogen (secondary N) is 2. The monoisotopic (exact) mass is 358 g/mol. The van der Waals surface area contributed by atoms with E-state index in [0.29, 0.717) is 11.3 Å². The summed E-state index contributed by atoms with van der Waals surface area (Å²) >= 11 is 0. The number of para-hydroxylation sites is 1. The highest BCUT2D eigenvalue weighted by Crippen LogP contribution is 2.23. The van der Waals surface area contributed by atoms with Crippen LogP contribution in [0.4, 0.5) is 5.69 Å². The van der Waals surface area contributed by atoms with Crippen LogP contribution >= 0.6 is 0 Å². The summed E-state index contributed by atoms with van der Waals surface area (Å²) in [5.74, 6) is -0.251. The molecule has 6 heteroatoms. The van der Waals surface area contributed by atoms with E-state index >= 15 is 0 Å². The number of carbonyl (C=O) groups excluding carboxylic acids is 1. The van der Waals surface area contributed by atoms with Crippen molar-refractivity contribution >= 4 is 21.6 Å². The maximum Gasteiger partial charge on any atom is 0.261 e. The summed E-state index contributed by atoms with van der Waals surface area (Å²) in [6.45, 7) is 2.08. The van der Waals surface area contributed by atoms with Crippen molar-refractivity contribution in [3.05, 3.63) is 59.7 Å². The van der Waals surface area contributed by atoms with Crippen molar-refractivity contribution in [2.75, 3.05) is 4.72 Å². The molecule has 0 aliphatic heterocycles. The van der Waals surface area contributed by atoms with Gasteiger partial charge >= 0.3 is 0 Å². The maximum absolute atomic E-state index is 12.6. The fourth-order valence-corrected chi connectivity index (χ4v) is 3.67. The first kappa shape index (κ1) is 17.5. The number of rotatable bonds is 7. The van der Waals surface area contributed by atoms with E-state index in [-0.39, 0.29) is 16.8 Å². The Morgan fingerprint density at radius 2 is 1.76 bits per heavy atom. The van der Waals surface area contributed by atoms with Gasteiger partial charge in [0.05, 0.1) is 16.1 Å². The Labute approximate surface area is 148 Å². The molecule has 1 fully saturated rings. The topological polar surface area (TPSA) is 75.3 Å².